The number of H-pyrrole nitrogens is 1. The van der Waals surface area contributed by atoms with Gasteiger partial charge in [-0.2, -0.15) is 0 Å². The zero-order chi connectivity index (χ0) is 20.6. The van der Waals surface area contributed by atoms with Gasteiger partial charge in [-0.3, -0.25) is 4.90 Å². The molecule has 30 heavy (non-hydrogen) atoms. The van der Waals surface area contributed by atoms with Crippen LogP contribution in [0, 0.1) is 0 Å². The van der Waals surface area contributed by atoms with E-state index in [1.807, 2.05) is 6.07 Å². The lowest BCUT2D eigenvalue weighted by Crippen LogP contribution is -2.49. The van der Waals surface area contributed by atoms with Gasteiger partial charge in [0.05, 0.1) is 12.6 Å². The average Bonchev–Trinajstić information content (AvgIpc) is 3.37. The summed E-state index contributed by atoms with van der Waals surface area (Å²) in [5, 5.41) is 5.15. The Kier molecular flexibility index (Phi) is 5.17. The summed E-state index contributed by atoms with van der Waals surface area (Å²) in [7, 11) is 1.73. The Labute approximate surface area is 178 Å². The average molecular weight is 406 g/mol. The fourth-order valence-corrected chi connectivity index (χ4v) is 5.08. The molecule has 3 heterocycles. The van der Waals surface area contributed by atoms with Crippen molar-refractivity contribution in [1.29, 1.82) is 0 Å². The van der Waals surface area contributed by atoms with E-state index < -0.39 is 0 Å². The lowest BCUT2D eigenvalue weighted by Gasteiger charge is -2.35. The topological polar surface area (TPSA) is 49.5 Å². The van der Waals surface area contributed by atoms with Crippen molar-refractivity contribution in [3.63, 3.8) is 0 Å². The summed E-state index contributed by atoms with van der Waals surface area (Å²) in [6.45, 7) is 6.96. The van der Waals surface area contributed by atoms with Gasteiger partial charge < -0.3 is 19.8 Å². The second-order valence-corrected chi connectivity index (χ2v) is 8.52. The normalized spacial score (nSPS) is 21.3. The maximum absolute atomic E-state index is 6.00. The lowest BCUT2D eigenvalue weighted by molar-refractivity contribution is 0.218. The van der Waals surface area contributed by atoms with Crippen LogP contribution in [0.3, 0.4) is 0 Å². The Balaban J connectivity index is 1.28. The summed E-state index contributed by atoms with van der Waals surface area (Å²) < 4.78 is 11.5. The highest BCUT2D eigenvalue weighted by molar-refractivity contribution is 5.86. The van der Waals surface area contributed by atoms with E-state index in [1.54, 1.807) is 7.11 Å². The predicted molar refractivity (Wildman–Crippen MR) is 121 cm³/mol. The lowest BCUT2D eigenvalue weighted by atomic mass is 9.86. The summed E-state index contributed by atoms with van der Waals surface area (Å²) in [4.78, 5) is 6.26. The molecule has 3 aromatic rings. The number of aromatic nitrogens is 1. The minimum absolute atomic E-state index is 0.0165. The van der Waals surface area contributed by atoms with Crippen LogP contribution in [0.25, 0.3) is 10.9 Å². The summed E-state index contributed by atoms with van der Waals surface area (Å²) >= 11 is 0. The van der Waals surface area contributed by atoms with Crippen LogP contribution in [-0.2, 0) is 18.4 Å². The van der Waals surface area contributed by atoms with Gasteiger partial charge in [0.25, 0.3) is 0 Å². The Morgan fingerprint density at radius 3 is 2.73 bits per heavy atom. The van der Waals surface area contributed by atoms with Crippen LogP contribution in [0.1, 0.15) is 30.2 Å². The van der Waals surface area contributed by atoms with Crippen molar-refractivity contribution in [1.82, 2.24) is 15.2 Å². The quantitative estimate of drug-likeness (QED) is 0.654. The third kappa shape index (κ3) is 3.46. The molecule has 1 aromatic heterocycles. The number of nitrogens with zero attached hydrogens (tertiary/aromatic N) is 1. The Morgan fingerprint density at radius 1 is 1.10 bits per heavy atom. The molecule has 2 aromatic carbocycles. The summed E-state index contributed by atoms with van der Waals surface area (Å²) in [5.74, 6) is 1.89. The zero-order valence-corrected chi connectivity index (χ0v) is 18.0. The zero-order valence-electron chi connectivity index (χ0n) is 18.0. The summed E-state index contributed by atoms with van der Waals surface area (Å²) in [6.07, 6.45) is 3.24. The highest BCUT2D eigenvalue weighted by Gasteiger charge is 2.43. The number of hydrogen-bond donors (Lipinski definition) is 2. The largest absolute Gasteiger partial charge is 0.497 e. The molecular weight excluding hydrogens is 374 g/mol. The van der Waals surface area contributed by atoms with Crippen molar-refractivity contribution in [2.24, 2.45) is 0 Å². The monoisotopic (exact) mass is 405 g/mol. The predicted octanol–water partition coefficient (Wildman–Crippen LogP) is 3.86. The van der Waals surface area contributed by atoms with Gasteiger partial charge in [0.1, 0.15) is 18.1 Å². The SMILES string of the molecule is CCc1ccc(OCCN2CCC3(C2)NCCc2c3[nH]c3ccc(OC)cc23)cc1. The minimum Gasteiger partial charge on any atom is -0.497 e. The van der Waals surface area contributed by atoms with E-state index in [0.29, 0.717) is 0 Å². The van der Waals surface area contributed by atoms with Crippen LogP contribution in [0.5, 0.6) is 11.5 Å². The second kappa shape index (κ2) is 7.97. The van der Waals surface area contributed by atoms with Gasteiger partial charge in [0, 0.05) is 42.8 Å². The second-order valence-electron chi connectivity index (χ2n) is 8.52. The maximum atomic E-state index is 6.00. The van der Waals surface area contributed by atoms with E-state index in [9.17, 15) is 0 Å². The number of hydrogen-bond acceptors (Lipinski definition) is 4. The van der Waals surface area contributed by atoms with E-state index in [0.717, 1.165) is 63.5 Å². The molecule has 1 saturated heterocycles. The standard InChI is InChI=1S/C25H31N3O2/c1-3-18-4-6-19(7-5-18)30-15-14-28-13-11-25(17-28)24-21(10-12-26-25)22-16-20(29-2)8-9-23(22)27-24/h4-9,16,26-27H,3,10-15,17H2,1-2H3. The first-order chi connectivity index (χ1) is 14.7. The summed E-state index contributed by atoms with van der Waals surface area (Å²) in [5.41, 5.74) is 5.40. The van der Waals surface area contributed by atoms with Crippen molar-refractivity contribution in [3.8, 4) is 11.5 Å². The van der Waals surface area contributed by atoms with Gasteiger partial charge in [-0.25, -0.2) is 0 Å². The van der Waals surface area contributed by atoms with Crippen molar-refractivity contribution in [2.45, 2.75) is 31.7 Å². The van der Waals surface area contributed by atoms with Gasteiger partial charge >= 0.3 is 0 Å². The number of benzene rings is 2. The number of fused-ring (bicyclic) bond motifs is 4. The molecular formula is C25H31N3O2. The van der Waals surface area contributed by atoms with Gasteiger partial charge in [0.2, 0.25) is 0 Å². The number of rotatable bonds is 6. The van der Waals surface area contributed by atoms with Crippen molar-refractivity contribution in [2.75, 3.05) is 39.9 Å². The molecule has 1 unspecified atom stereocenters. The van der Waals surface area contributed by atoms with Gasteiger partial charge in [-0.15, -0.1) is 0 Å². The van der Waals surface area contributed by atoms with Crippen LogP contribution in [0.4, 0.5) is 0 Å². The van der Waals surface area contributed by atoms with E-state index in [2.05, 4.69) is 58.5 Å². The Morgan fingerprint density at radius 2 is 1.93 bits per heavy atom. The van der Waals surface area contributed by atoms with E-state index in [4.69, 9.17) is 9.47 Å². The third-order valence-corrected chi connectivity index (χ3v) is 6.79. The highest BCUT2D eigenvalue weighted by Crippen LogP contribution is 2.40. The van der Waals surface area contributed by atoms with E-state index in [1.165, 1.54) is 27.7 Å². The number of nitrogens with one attached hydrogen (secondary N) is 2. The fraction of sp³-hybridized carbons (Fsp3) is 0.440. The fourth-order valence-electron chi connectivity index (χ4n) is 5.08. The molecule has 0 bridgehead atoms. The van der Waals surface area contributed by atoms with Gasteiger partial charge in [-0.1, -0.05) is 19.1 Å². The molecule has 1 atom stereocenters. The molecule has 2 aliphatic rings. The van der Waals surface area contributed by atoms with Crippen LogP contribution in [0.15, 0.2) is 42.5 Å². The molecule has 1 fully saturated rings. The molecule has 1 spiro atoms. The number of ether oxygens (including phenoxy) is 2. The van der Waals surface area contributed by atoms with Crippen molar-refractivity contribution >= 4 is 10.9 Å². The van der Waals surface area contributed by atoms with Crippen molar-refractivity contribution < 1.29 is 9.47 Å². The molecule has 0 aliphatic carbocycles. The smallest absolute Gasteiger partial charge is 0.119 e. The number of aromatic amines is 1. The van der Waals surface area contributed by atoms with Crippen molar-refractivity contribution in [3.05, 3.63) is 59.3 Å². The molecule has 5 nitrogen and oxygen atoms in total. The van der Waals surface area contributed by atoms with E-state index >= 15 is 0 Å². The third-order valence-electron chi connectivity index (χ3n) is 6.79. The highest BCUT2D eigenvalue weighted by atomic mass is 16.5. The molecule has 0 radical (unpaired) electrons. The summed E-state index contributed by atoms with van der Waals surface area (Å²) in [6, 6.07) is 14.8. The molecule has 2 aliphatic heterocycles. The number of methoxy groups -OCH3 is 1. The van der Waals surface area contributed by atoms with E-state index in [-0.39, 0.29) is 5.54 Å². The van der Waals surface area contributed by atoms with Gasteiger partial charge in [0.15, 0.2) is 0 Å². The molecule has 0 amide bonds. The molecule has 0 saturated carbocycles. The van der Waals surface area contributed by atoms with Crippen LogP contribution >= 0.6 is 0 Å². The maximum Gasteiger partial charge on any atom is 0.119 e. The Hall–Kier alpha value is -2.50. The number of aryl methyl sites for hydroxylation is 1. The minimum atomic E-state index is 0.0165. The molecule has 5 rings (SSSR count). The first kappa shape index (κ1) is 19.5. The molecule has 158 valence electrons. The molecule has 2 N–H and O–H groups in total. The first-order valence-corrected chi connectivity index (χ1v) is 11.1. The van der Waals surface area contributed by atoms with Gasteiger partial charge in [-0.05, 0) is 60.7 Å². The van der Waals surface area contributed by atoms with Crippen LogP contribution in [0.2, 0.25) is 0 Å². The molecule has 5 heteroatoms. The number of likely N-dealkylation sites (tertiary alicyclic amines) is 1. The first-order valence-electron chi connectivity index (χ1n) is 11.1. The Bertz CT molecular complexity index is 1030. The van der Waals surface area contributed by atoms with Crippen LogP contribution in [-0.4, -0.2) is 49.8 Å². The van der Waals surface area contributed by atoms with Crippen LogP contribution < -0.4 is 14.8 Å².